The maximum Gasteiger partial charge on any atom is 0.309 e. The fraction of sp³-hybridized carbons (Fsp3) is 0.286. The largest absolute Gasteiger partial charge is 0.491 e. The number of fused-ring (bicyclic) bond motifs is 1. The van der Waals surface area contributed by atoms with E-state index in [1.807, 2.05) is 0 Å². The Morgan fingerprint density at radius 2 is 2.19 bits per heavy atom. The Balaban J connectivity index is 2.20. The van der Waals surface area contributed by atoms with E-state index < -0.39 is 4.92 Å². The molecule has 0 aliphatic heterocycles. The number of nitro benzene ring substituents is 1. The lowest BCUT2D eigenvalue weighted by atomic mass is 10.1. The van der Waals surface area contributed by atoms with Gasteiger partial charge in [-0.3, -0.25) is 19.9 Å². The molecule has 0 radical (unpaired) electrons. The van der Waals surface area contributed by atoms with E-state index in [1.54, 1.807) is 19.1 Å². The molecule has 0 spiro atoms. The first-order valence-corrected chi connectivity index (χ1v) is 6.44. The van der Waals surface area contributed by atoms with Gasteiger partial charge in [0.05, 0.1) is 29.9 Å². The van der Waals surface area contributed by atoms with Gasteiger partial charge in [0, 0.05) is 12.3 Å². The monoisotopic (exact) mass is 290 g/mol. The quantitative estimate of drug-likeness (QED) is 0.461. The van der Waals surface area contributed by atoms with Crippen LogP contribution in [0.2, 0.25) is 0 Å². The fourth-order valence-electron chi connectivity index (χ4n) is 1.88. The summed E-state index contributed by atoms with van der Waals surface area (Å²) in [5.41, 5.74) is 0.367. The molecule has 0 atom stereocenters. The number of benzene rings is 1. The Morgan fingerprint density at radius 1 is 1.38 bits per heavy atom. The zero-order valence-electron chi connectivity index (χ0n) is 11.4. The minimum absolute atomic E-state index is 0.0316. The molecule has 7 nitrogen and oxygen atoms in total. The molecule has 0 fully saturated rings. The Bertz CT molecular complexity index is 671. The van der Waals surface area contributed by atoms with E-state index in [-0.39, 0.29) is 24.7 Å². The molecule has 0 aliphatic rings. The van der Waals surface area contributed by atoms with E-state index >= 15 is 0 Å². The molecule has 0 aliphatic carbocycles. The lowest BCUT2D eigenvalue weighted by Crippen LogP contribution is -2.09. The second-order valence-electron chi connectivity index (χ2n) is 4.14. The molecule has 7 heteroatoms. The van der Waals surface area contributed by atoms with Crippen LogP contribution in [-0.4, -0.2) is 29.1 Å². The van der Waals surface area contributed by atoms with E-state index in [9.17, 15) is 14.9 Å². The number of carbonyl (C=O) groups is 1. The van der Waals surface area contributed by atoms with Gasteiger partial charge in [-0.1, -0.05) is 0 Å². The van der Waals surface area contributed by atoms with Crippen molar-refractivity contribution in [2.45, 2.75) is 13.3 Å². The number of esters is 1. The summed E-state index contributed by atoms with van der Waals surface area (Å²) in [5, 5.41) is 11.4. The van der Waals surface area contributed by atoms with Gasteiger partial charge in [-0.2, -0.15) is 0 Å². The number of carbonyl (C=O) groups excluding carboxylic acids is 1. The molecule has 0 amide bonds. The summed E-state index contributed by atoms with van der Waals surface area (Å²) in [5.74, 6) is 0.0529. The van der Waals surface area contributed by atoms with Gasteiger partial charge in [-0.15, -0.1) is 0 Å². The minimum Gasteiger partial charge on any atom is -0.491 e. The molecule has 0 N–H and O–H groups in total. The van der Waals surface area contributed by atoms with Crippen LogP contribution in [0, 0.1) is 10.1 Å². The van der Waals surface area contributed by atoms with Crippen LogP contribution in [0.3, 0.4) is 0 Å². The average molecular weight is 290 g/mol. The highest BCUT2D eigenvalue weighted by atomic mass is 16.6. The van der Waals surface area contributed by atoms with Crippen molar-refractivity contribution < 1.29 is 19.2 Å². The predicted octanol–water partition coefficient (Wildman–Crippen LogP) is 2.48. The average Bonchev–Trinajstić information content (AvgIpc) is 2.47. The van der Waals surface area contributed by atoms with Crippen LogP contribution in [0.15, 0.2) is 30.5 Å². The Morgan fingerprint density at radius 3 is 2.90 bits per heavy atom. The minimum atomic E-state index is -0.466. The Labute approximate surface area is 120 Å². The first-order valence-electron chi connectivity index (χ1n) is 6.44. The molecule has 2 aromatic rings. The molecule has 110 valence electrons. The van der Waals surface area contributed by atoms with Crippen LogP contribution in [0.25, 0.3) is 10.9 Å². The number of ether oxygens (including phenoxy) is 2. The number of hydrogen-bond donors (Lipinski definition) is 0. The van der Waals surface area contributed by atoms with Crippen molar-refractivity contribution in [3.05, 3.63) is 40.6 Å². The topological polar surface area (TPSA) is 91.6 Å². The van der Waals surface area contributed by atoms with Crippen molar-refractivity contribution in [1.82, 2.24) is 4.98 Å². The molecule has 0 saturated carbocycles. The molecule has 1 heterocycles. The van der Waals surface area contributed by atoms with Crippen LogP contribution in [0.4, 0.5) is 5.69 Å². The van der Waals surface area contributed by atoms with Gasteiger partial charge in [0.15, 0.2) is 0 Å². The van der Waals surface area contributed by atoms with Crippen LogP contribution in [-0.2, 0) is 9.53 Å². The van der Waals surface area contributed by atoms with Crippen molar-refractivity contribution in [1.29, 1.82) is 0 Å². The SMILES string of the molecule is CCOC(=O)CCOc1ccc([N+](=O)[O-])c2cccnc12. The summed E-state index contributed by atoms with van der Waals surface area (Å²) >= 11 is 0. The van der Waals surface area contributed by atoms with Crippen LogP contribution in [0.5, 0.6) is 5.75 Å². The summed E-state index contributed by atoms with van der Waals surface area (Å²) in [6.07, 6.45) is 1.64. The highest BCUT2D eigenvalue weighted by molar-refractivity contribution is 5.92. The summed E-state index contributed by atoms with van der Waals surface area (Å²) in [6.45, 7) is 2.18. The van der Waals surface area contributed by atoms with E-state index in [2.05, 4.69) is 4.98 Å². The van der Waals surface area contributed by atoms with Gasteiger partial charge in [-0.05, 0) is 25.1 Å². The lowest BCUT2D eigenvalue weighted by molar-refractivity contribution is -0.383. The summed E-state index contributed by atoms with van der Waals surface area (Å²) in [4.78, 5) is 25.9. The number of rotatable bonds is 6. The van der Waals surface area contributed by atoms with Crippen LogP contribution >= 0.6 is 0 Å². The smallest absolute Gasteiger partial charge is 0.309 e. The highest BCUT2D eigenvalue weighted by Gasteiger charge is 2.15. The third-order valence-electron chi connectivity index (χ3n) is 2.78. The Hall–Kier alpha value is -2.70. The normalized spacial score (nSPS) is 10.3. The second kappa shape index (κ2) is 6.65. The van der Waals surface area contributed by atoms with Gasteiger partial charge in [0.2, 0.25) is 0 Å². The number of nitrogens with zero attached hydrogens (tertiary/aromatic N) is 2. The highest BCUT2D eigenvalue weighted by Crippen LogP contribution is 2.31. The van der Waals surface area contributed by atoms with Crippen molar-refractivity contribution in [2.24, 2.45) is 0 Å². The van der Waals surface area contributed by atoms with E-state index in [4.69, 9.17) is 9.47 Å². The second-order valence-corrected chi connectivity index (χ2v) is 4.14. The number of non-ortho nitro benzene ring substituents is 1. The van der Waals surface area contributed by atoms with Gasteiger partial charge in [0.25, 0.3) is 5.69 Å². The standard InChI is InChI=1S/C14H14N2O5/c1-2-20-13(17)7-9-21-12-6-5-11(16(18)19)10-4-3-8-15-14(10)12/h3-6,8H,2,7,9H2,1H3. The lowest BCUT2D eigenvalue weighted by Gasteiger charge is -2.08. The Kier molecular flexibility index (Phi) is 4.65. The van der Waals surface area contributed by atoms with Crippen molar-refractivity contribution in [3.63, 3.8) is 0 Å². The van der Waals surface area contributed by atoms with Crippen molar-refractivity contribution in [3.8, 4) is 5.75 Å². The number of pyridine rings is 1. The predicted molar refractivity (Wildman–Crippen MR) is 75.1 cm³/mol. The van der Waals surface area contributed by atoms with Crippen LogP contribution in [0.1, 0.15) is 13.3 Å². The van der Waals surface area contributed by atoms with E-state index in [0.29, 0.717) is 23.3 Å². The maximum absolute atomic E-state index is 11.2. The molecule has 2 rings (SSSR count). The summed E-state index contributed by atoms with van der Waals surface area (Å²) < 4.78 is 10.3. The molecule has 1 aromatic carbocycles. The first-order chi connectivity index (χ1) is 10.1. The van der Waals surface area contributed by atoms with Gasteiger partial charge < -0.3 is 9.47 Å². The van der Waals surface area contributed by atoms with E-state index in [1.165, 1.54) is 18.3 Å². The zero-order valence-corrected chi connectivity index (χ0v) is 11.4. The molecule has 21 heavy (non-hydrogen) atoms. The van der Waals surface area contributed by atoms with Crippen molar-refractivity contribution >= 4 is 22.6 Å². The van der Waals surface area contributed by atoms with Crippen molar-refractivity contribution in [2.75, 3.05) is 13.2 Å². The zero-order chi connectivity index (χ0) is 15.2. The van der Waals surface area contributed by atoms with Gasteiger partial charge >= 0.3 is 5.97 Å². The number of hydrogen-bond acceptors (Lipinski definition) is 6. The van der Waals surface area contributed by atoms with E-state index in [0.717, 1.165) is 0 Å². The molecule has 1 aromatic heterocycles. The number of aromatic nitrogens is 1. The molecule has 0 saturated heterocycles. The van der Waals surface area contributed by atoms with Gasteiger partial charge in [-0.25, -0.2) is 0 Å². The molecular weight excluding hydrogens is 276 g/mol. The first kappa shape index (κ1) is 14.7. The molecule has 0 unspecified atom stereocenters. The fourth-order valence-corrected chi connectivity index (χ4v) is 1.88. The molecule has 0 bridgehead atoms. The third-order valence-corrected chi connectivity index (χ3v) is 2.78. The van der Waals surface area contributed by atoms with Gasteiger partial charge in [0.1, 0.15) is 11.3 Å². The third kappa shape index (κ3) is 3.44. The van der Waals surface area contributed by atoms with Crippen LogP contribution < -0.4 is 4.74 Å². The molecular formula is C14H14N2O5. The summed E-state index contributed by atoms with van der Waals surface area (Å²) in [7, 11) is 0. The maximum atomic E-state index is 11.2. The number of nitro groups is 1. The summed E-state index contributed by atoms with van der Waals surface area (Å²) in [6, 6.07) is 6.08.